The van der Waals surface area contributed by atoms with Gasteiger partial charge < -0.3 is 0 Å². The lowest BCUT2D eigenvalue weighted by atomic mass is 9.81. The van der Waals surface area contributed by atoms with Gasteiger partial charge in [-0.15, -0.1) is 0 Å². The van der Waals surface area contributed by atoms with Gasteiger partial charge in [-0.05, 0) is 90.7 Å². The summed E-state index contributed by atoms with van der Waals surface area (Å²) in [5.41, 5.74) is 3.28. The number of benzene rings is 1. The first-order valence-corrected chi connectivity index (χ1v) is 16.1. The van der Waals surface area contributed by atoms with Crippen molar-refractivity contribution in [3.05, 3.63) is 99.1 Å². The average molecular weight is 607 g/mol. The predicted octanol–water partition coefficient (Wildman–Crippen LogP) is 8.22. The van der Waals surface area contributed by atoms with Gasteiger partial charge in [-0.1, -0.05) is 51.3 Å². The van der Waals surface area contributed by atoms with Crippen molar-refractivity contribution in [2.45, 2.75) is 73.9 Å². The predicted molar refractivity (Wildman–Crippen MR) is 157 cm³/mol. The van der Waals surface area contributed by atoms with E-state index in [0.29, 0.717) is 19.4 Å². The van der Waals surface area contributed by atoms with E-state index in [1.54, 1.807) is 10.4 Å². The Morgan fingerprint density at radius 3 is 2.02 bits per heavy atom. The molecule has 1 aromatic carbocycles. The first-order chi connectivity index (χ1) is 19.2. The molecule has 212 valence electrons. The van der Waals surface area contributed by atoms with Crippen molar-refractivity contribution < 1.29 is 17.5 Å². The summed E-state index contributed by atoms with van der Waals surface area (Å²) >= 11 is 12.6. The van der Waals surface area contributed by atoms with Crippen molar-refractivity contribution in [1.82, 2.24) is 9.21 Å². The van der Waals surface area contributed by atoms with Gasteiger partial charge in [0.25, 0.3) is 0 Å². The molecular weight excluding hydrogens is 573 g/mol. The number of hydrogen-bond acceptors (Lipinski definition) is 2. The number of hydrogen-bond donors (Lipinski definition) is 1. The first kappa shape index (κ1) is 28.3. The zero-order valence-electron chi connectivity index (χ0n) is 22.2. The van der Waals surface area contributed by atoms with E-state index in [9.17, 15) is 17.5 Å². The second-order valence-corrected chi connectivity index (χ2v) is 14.3. The van der Waals surface area contributed by atoms with Crippen molar-refractivity contribution in [2.24, 2.45) is 0 Å². The van der Waals surface area contributed by atoms with Gasteiger partial charge in [0.2, 0.25) is 4.90 Å². The molecule has 1 N–H and O–H groups in total. The number of likely N-dealkylation sites (tertiary alicyclic amines) is 1. The lowest BCUT2D eigenvalue weighted by molar-refractivity contribution is -0.0298. The Kier molecular flexibility index (Phi) is 7.83. The van der Waals surface area contributed by atoms with Crippen molar-refractivity contribution >= 4 is 33.6 Å². The molecule has 0 aromatic heterocycles. The minimum Gasteiger partial charge on any atom is -0.284 e. The number of halogens is 4. The molecule has 40 heavy (non-hydrogen) atoms. The molecule has 0 amide bonds. The molecule has 5 aliphatic rings. The number of allylic oxidation sites excluding steroid dienone is 9. The molecule has 2 unspecified atom stereocenters. The summed E-state index contributed by atoms with van der Waals surface area (Å²) in [7, 11) is -3.68. The maximum Gasteiger partial charge on any atom is 0.326 e. The quantitative estimate of drug-likeness (QED) is 0.304. The van der Waals surface area contributed by atoms with Crippen LogP contribution in [0, 0.1) is 5.82 Å². The maximum atomic E-state index is 14.2. The number of nitrogens with zero attached hydrogens (tertiary/aromatic N) is 2. The van der Waals surface area contributed by atoms with Crippen LogP contribution < -0.4 is 0 Å². The Labute approximate surface area is 245 Å². The third-order valence-corrected chi connectivity index (χ3v) is 11.5. The maximum absolute atomic E-state index is 14.2. The van der Waals surface area contributed by atoms with E-state index in [-0.39, 0.29) is 34.9 Å². The highest BCUT2D eigenvalue weighted by Gasteiger charge is 2.69. The third-order valence-electron chi connectivity index (χ3n) is 8.93. The minimum atomic E-state index is -3.68. The van der Waals surface area contributed by atoms with Gasteiger partial charge in [-0.25, -0.2) is 8.78 Å². The largest absolute Gasteiger partial charge is 0.326 e. The zero-order valence-corrected chi connectivity index (χ0v) is 24.5. The first-order valence-electron chi connectivity index (χ1n) is 13.9. The highest BCUT2D eigenvalue weighted by atomic mass is 35.5. The Morgan fingerprint density at radius 2 is 1.52 bits per heavy atom. The second kappa shape index (κ2) is 11.1. The zero-order chi connectivity index (χ0) is 28.1. The molecule has 1 spiro atoms. The molecule has 1 heterocycles. The van der Waals surface area contributed by atoms with Gasteiger partial charge in [0.1, 0.15) is 11.6 Å². The Hall–Kier alpha value is -1.87. The van der Waals surface area contributed by atoms with Crippen LogP contribution in [0.3, 0.4) is 0 Å². The third kappa shape index (κ3) is 5.37. The fourth-order valence-electron chi connectivity index (χ4n) is 6.54. The van der Waals surface area contributed by atoms with E-state index in [0.717, 1.165) is 54.2 Å². The molecule has 6 rings (SSSR count). The normalized spacial score (nSPS) is 25.8. The van der Waals surface area contributed by atoms with Crippen LogP contribution in [0.5, 0.6) is 0 Å². The molecule has 1 aliphatic heterocycles. The highest BCUT2D eigenvalue weighted by Crippen LogP contribution is 2.58. The summed E-state index contributed by atoms with van der Waals surface area (Å²) in [5, 5.41) is 1.70. The standard InChI is InChI=1S/C31H32Cl2F2N2O2S/c32-24-7-3-22(4-8-24)30(23-5-9-25(33)10-6-23)36-20-29(31(36)17-18-31)37(19-21-1-11-26(34)12-2-21)40(38,39)28-15-13-27(35)14-16-28/h1,3,5,7,9,11,13-16,29-30H,2,4,6,8,10,12,17-20H2/p+1. The molecule has 1 aromatic rings. The van der Waals surface area contributed by atoms with Crippen molar-refractivity contribution in [3.63, 3.8) is 0 Å². The summed E-state index contributed by atoms with van der Waals surface area (Å²) in [6, 6.07) is 5.13. The second-order valence-electron chi connectivity index (χ2n) is 11.3. The van der Waals surface area contributed by atoms with Gasteiger partial charge in [0.05, 0.1) is 18.6 Å². The van der Waals surface area contributed by atoms with Crippen LogP contribution in [0.4, 0.5) is 8.78 Å². The fraction of sp³-hybridized carbons (Fsp3) is 0.419. The molecule has 4 aliphatic carbocycles. The molecule has 2 fully saturated rings. The molecular formula is C31H33Cl2F2N2O2S+. The fourth-order valence-corrected chi connectivity index (χ4v) is 8.57. The van der Waals surface area contributed by atoms with Gasteiger partial charge in [-0.2, -0.15) is 4.55 Å². The van der Waals surface area contributed by atoms with Crippen LogP contribution in [-0.2, 0) is 14.6 Å². The molecule has 9 heteroatoms. The molecule has 2 atom stereocenters. The summed E-state index contributed by atoms with van der Waals surface area (Å²) in [4.78, 5) is 2.69. The van der Waals surface area contributed by atoms with Crippen molar-refractivity contribution in [3.8, 4) is 0 Å². The van der Waals surface area contributed by atoms with E-state index < -0.39 is 16.2 Å². The molecule has 0 bridgehead atoms. The van der Waals surface area contributed by atoms with Crippen molar-refractivity contribution in [1.29, 1.82) is 0 Å². The smallest absolute Gasteiger partial charge is 0.284 e. The van der Waals surface area contributed by atoms with E-state index in [4.69, 9.17) is 23.2 Å². The lowest BCUT2D eigenvalue weighted by Gasteiger charge is -2.56. The van der Waals surface area contributed by atoms with Crippen molar-refractivity contribution in [2.75, 3.05) is 13.1 Å². The lowest BCUT2D eigenvalue weighted by Crippen LogP contribution is -2.73. The summed E-state index contributed by atoms with van der Waals surface area (Å²) in [6.07, 6.45) is 17.4. The van der Waals surface area contributed by atoms with Crippen LogP contribution in [0.25, 0.3) is 0 Å². The number of rotatable bonds is 8. The van der Waals surface area contributed by atoms with E-state index in [1.807, 2.05) is 12.2 Å². The Bertz CT molecular complexity index is 1390. The van der Waals surface area contributed by atoms with Crippen LogP contribution in [0.1, 0.15) is 51.4 Å². The van der Waals surface area contributed by atoms with Crippen LogP contribution >= 0.6 is 23.2 Å². The highest BCUT2D eigenvalue weighted by molar-refractivity contribution is 7.95. The van der Waals surface area contributed by atoms with Gasteiger partial charge in [0.15, 0.2) is 0 Å². The van der Waals surface area contributed by atoms with Crippen LogP contribution in [-0.4, -0.2) is 44.5 Å². The minimum absolute atomic E-state index is 0.0779. The van der Waals surface area contributed by atoms with E-state index in [2.05, 4.69) is 17.1 Å². The van der Waals surface area contributed by atoms with Gasteiger partial charge in [0, 0.05) is 40.7 Å². The van der Waals surface area contributed by atoms with E-state index in [1.165, 1.54) is 41.5 Å². The van der Waals surface area contributed by atoms with E-state index >= 15 is 0 Å². The molecule has 0 radical (unpaired) electrons. The molecule has 4 nitrogen and oxygen atoms in total. The van der Waals surface area contributed by atoms with Crippen LogP contribution in [0.15, 0.2) is 98.2 Å². The topological polar surface area (TPSA) is 43.8 Å². The van der Waals surface area contributed by atoms with Gasteiger partial charge >= 0.3 is 10.4 Å². The molecule has 1 saturated carbocycles. The Balaban J connectivity index is 1.35. The SMILES string of the molecule is O=[S+](O)(c1ccc(F)cc1)N(CC1=CC=C(F)CC1)C1CN(C(C2=CC=C(Cl)CC2)C2=CC=C(Cl)CC2)C12CC2. The molecule has 1 saturated heterocycles. The van der Waals surface area contributed by atoms with Gasteiger partial charge in [-0.3, -0.25) is 4.90 Å². The Morgan fingerprint density at radius 1 is 0.900 bits per heavy atom. The summed E-state index contributed by atoms with van der Waals surface area (Å²) in [5.74, 6) is -0.637. The summed E-state index contributed by atoms with van der Waals surface area (Å²) < 4.78 is 55.0. The summed E-state index contributed by atoms with van der Waals surface area (Å²) in [6.45, 7) is 0.869. The monoisotopic (exact) mass is 605 g/mol. The average Bonchev–Trinajstić information content (AvgIpc) is 3.77. The van der Waals surface area contributed by atoms with Crippen LogP contribution in [0.2, 0.25) is 0 Å².